The third-order valence-corrected chi connectivity index (χ3v) is 5.56. The summed E-state index contributed by atoms with van der Waals surface area (Å²) in [5.74, 6) is 1.42. The maximum absolute atomic E-state index is 4.73. The third-order valence-electron chi connectivity index (χ3n) is 4.42. The van der Waals surface area contributed by atoms with Crippen molar-refractivity contribution in [2.45, 2.75) is 39.5 Å². The fraction of sp³-hybridized carbons (Fsp3) is 0.350. The van der Waals surface area contributed by atoms with Gasteiger partial charge in [-0.1, -0.05) is 39.0 Å². The van der Waals surface area contributed by atoms with Gasteiger partial charge in [-0.25, -0.2) is 4.98 Å². The molecule has 0 amide bonds. The van der Waals surface area contributed by atoms with Gasteiger partial charge in [0.05, 0.1) is 16.7 Å². The average Bonchev–Trinajstić information content (AvgIpc) is 3.28. The Balaban J connectivity index is 1.69. The van der Waals surface area contributed by atoms with E-state index in [0.717, 1.165) is 43.8 Å². The van der Waals surface area contributed by atoms with Gasteiger partial charge < -0.3 is 5.32 Å². The largest absolute Gasteiger partial charge is 0.315 e. The Hall–Kier alpha value is -2.87. The van der Waals surface area contributed by atoms with E-state index in [-0.39, 0.29) is 0 Å². The monoisotopic (exact) mass is 393 g/mol. The molecule has 7 nitrogen and oxygen atoms in total. The average molecular weight is 394 g/mol. The molecule has 0 aliphatic heterocycles. The Morgan fingerprint density at radius 1 is 1.04 bits per heavy atom. The number of rotatable bonds is 5. The molecule has 8 heteroatoms. The van der Waals surface area contributed by atoms with E-state index >= 15 is 0 Å². The lowest BCUT2D eigenvalue weighted by atomic mass is 10.0. The summed E-state index contributed by atoms with van der Waals surface area (Å²) in [5, 5.41) is 18.0. The molecule has 0 spiro atoms. The minimum atomic E-state index is 0.334. The number of hydrogen-bond donors (Lipinski definition) is 1. The molecule has 0 aromatic carbocycles. The van der Waals surface area contributed by atoms with E-state index < -0.39 is 0 Å². The molecule has 1 N–H and O–H groups in total. The minimum absolute atomic E-state index is 0.334. The van der Waals surface area contributed by atoms with Crippen LogP contribution in [0.4, 0.5) is 10.9 Å². The first kappa shape index (κ1) is 18.5. The van der Waals surface area contributed by atoms with E-state index in [2.05, 4.69) is 59.4 Å². The Bertz CT molecular complexity index is 1130. The van der Waals surface area contributed by atoms with Gasteiger partial charge in [0, 0.05) is 36.5 Å². The van der Waals surface area contributed by atoms with Crippen LogP contribution in [0.1, 0.15) is 50.2 Å². The van der Waals surface area contributed by atoms with Crippen molar-refractivity contribution in [1.82, 2.24) is 29.9 Å². The van der Waals surface area contributed by atoms with Gasteiger partial charge in [0.2, 0.25) is 5.13 Å². The van der Waals surface area contributed by atoms with Crippen LogP contribution in [0.15, 0.2) is 30.6 Å². The molecule has 4 aromatic heterocycles. The zero-order valence-corrected chi connectivity index (χ0v) is 17.4. The van der Waals surface area contributed by atoms with Gasteiger partial charge in [-0.3, -0.25) is 9.67 Å². The van der Waals surface area contributed by atoms with Gasteiger partial charge >= 0.3 is 0 Å². The van der Waals surface area contributed by atoms with E-state index in [1.165, 1.54) is 0 Å². The summed E-state index contributed by atoms with van der Waals surface area (Å²) in [6.07, 6.45) is 3.93. The van der Waals surface area contributed by atoms with Crippen molar-refractivity contribution >= 4 is 33.3 Å². The topological polar surface area (TPSA) is 81.4 Å². The highest BCUT2D eigenvalue weighted by Crippen LogP contribution is 2.30. The summed E-state index contributed by atoms with van der Waals surface area (Å²) in [5.41, 5.74) is 4.86. The second-order valence-corrected chi connectivity index (χ2v) is 8.45. The van der Waals surface area contributed by atoms with Gasteiger partial charge in [-0.2, -0.15) is 5.10 Å². The summed E-state index contributed by atoms with van der Waals surface area (Å²) in [4.78, 5) is 9.32. The molecule has 0 fully saturated rings. The molecule has 0 unspecified atom stereocenters. The van der Waals surface area contributed by atoms with Crippen LogP contribution < -0.4 is 5.32 Å². The first-order valence-corrected chi connectivity index (χ1v) is 10.1. The van der Waals surface area contributed by atoms with Crippen LogP contribution in [0.25, 0.3) is 22.2 Å². The maximum Gasteiger partial charge on any atom is 0.211 e. The predicted molar refractivity (Wildman–Crippen MR) is 113 cm³/mol. The highest BCUT2D eigenvalue weighted by molar-refractivity contribution is 7.15. The molecular formula is C20H23N7S. The molecule has 0 aliphatic rings. The Morgan fingerprint density at radius 2 is 1.86 bits per heavy atom. The van der Waals surface area contributed by atoms with Crippen molar-refractivity contribution in [3.8, 4) is 11.1 Å². The smallest absolute Gasteiger partial charge is 0.211 e. The molecular weight excluding hydrogens is 370 g/mol. The van der Waals surface area contributed by atoms with Crippen molar-refractivity contribution in [1.29, 1.82) is 0 Å². The molecule has 0 aliphatic carbocycles. The van der Waals surface area contributed by atoms with Crippen LogP contribution in [0, 0.1) is 0 Å². The van der Waals surface area contributed by atoms with E-state index in [1.54, 1.807) is 11.3 Å². The molecule has 0 saturated heterocycles. The number of anilines is 2. The molecule has 0 saturated carbocycles. The SMILES string of the molecule is CC(C)c1nnc(Nc2ccc3ncc(-c4cn(C)nc4C(C)C)cc3n2)s1. The summed E-state index contributed by atoms with van der Waals surface area (Å²) >= 11 is 1.55. The second-order valence-electron chi connectivity index (χ2n) is 7.44. The summed E-state index contributed by atoms with van der Waals surface area (Å²) in [6.45, 7) is 8.51. The normalized spacial score (nSPS) is 11.7. The first-order valence-electron chi connectivity index (χ1n) is 9.32. The highest BCUT2D eigenvalue weighted by atomic mass is 32.1. The Morgan fingerprint density at radius 3 is 2.57 bits per heavy atom. The molecule has 28 heavy (non-hydrogen) atoms. The molecule has 0 bridgehead atoms. The van der Waals surface area contributed by atoms with Gasteiger partial charge in [-0.05, 0) is 24.1 Å². The third kappa shape index (κ3) is 3.60. The fourth-order valence-electron chi connectivity index (χ4n) is 3.01. The van der Waals surface area contributed by atoms with Crippen LogP contribution in [-0.4, -0.2) is 29.9 Å². The maximum atomic E-state index is 4.73. The van der Waals surface area contributed by atoms with Crippen LogP contribution >= 0.6 is 11.3 Å². The number of nitrogens with zero attached hydrogens (tertiary/aromatic N) is 6. The summed E-state index contributed by atoms with van der Waals surface area (Å²) in [6, 6.07) is 5.94. The van der Waals surface area contributed by atoms with Crippen LogP contribution in [-0.2, 0) is 7.05 Å². The van der Waals surface area contributed by atoms with E-state index in [4.69, 9.17) is 4.98 Å². The quantitative estimate of drug-likeness (QED) is 0.521. The van der Waals surface area contributed by atoms with Gasteiger partial charge in [0.15, 0.2) is 0 Å². The standard InChI is InChI=1S/C20H23N7S/c1-11(2)18-14(10-27(5)26-18)13-8-16-15(21-9-13)6-7-17(22-16)23-20-25-24-19(28-20)12(3)4/h6-12H,1-5H3,(H,22,23,25). The van der Waals surface area contributed by atoms with E-state index in [0.29, 0.717) is 11.8 Å². The number of aryl methyl sites for hydroxylation is 1. The number of fused-ring (bicyclic) bond motifs is 1. The fourth-order valence-corrected chi connectivity index (χ4v) is 3.76. The van der Waals surface area contributed by atoms with Crippen molar-refractivity contribution in [2.75, 3.05) is 5.32 Å². The molecule has 144 valence electrons. The van der Waals surface area contributed by atoms with Crippen molar-refractivity contribution in [2.24, 2.45) is 7.05 Å². The highest BCUT2D eigenvalue weighted by Gasteiger charge is 2.15. The molecule has 0 radical (unpaired) electrons. The lowest BCUT2D eigenvalue weighted by molar-refractivity contribution is 0.713. The summed E-state index contributed by atoms with van der Waals surface area (Å²) < 4.78 is 1.85. The first-order chi connectivity index (χ1) is 13.4. The summed E-state index contributed by atoms with van der Waals surface area (Å²) in [7, 11) is 1.94. The van der Waals surface area contributed by atoms with E-state index in [1.807, 2.05) is 36.3 Å². The van der Waals surface area contributed by atoms with E-state index in [9.17, 15) is 0 Å². The number of pyridine rings is 2. The minimum Gasteiger partial charge on any atom is -0.315 e. The predicted octanol–water partition coefficient (Wildman–Crippen LogP) is 4.87. The van der Waals surface area contributed by atoms with Crippen molar-refractivity contribution < 1.29 is 0 Å². The number of hydrogen-bond acceptors (Lipinski definition) is 7. The molecule has 0 atom stereocenters. The van der Waals surface area contributed by atoms with Crippen LogP contribution in [0.5, 0.6) is 0 Å². The van der Waals surface area contributed by atoms with Crippen molar-refractivity contribution in [3.05, 3.63) is 41.3 Å². The zero-order chi connectivity index (χ0) is 19.8. The molecule has 4 aromatic rings. The lowest BCUT2D eigenvalue weighted by Gasteiger charge is -2.07. The second kappa shape index (κ2) is 7.27. The Kier molecular flexibility index (Phi) is 4.80. The van der Waals surface area contributed by atoms with Crippen molar-refractivity contribution in [3.63, 3.8) is 0 Å². The molecule has 4 heterocycles. The van der Waals surface area contributed by atoms with Gasteiger partial charge in [0.25, 0.3) is 0 Å². The number of nitrogens with one attached hydrogen (secondary N) is 1. The zero-order valence-electron chi connectivity index (χ0n) is 16.6. The lowest BCUT2D eigenvalue weighted by Crippen LogP contribution is -1.95. The molecule has 4 rings (SSSR count). The van der Waals surface area contributed by atoms with Crippen LogP contribution in [0.3, 0.4) is 0 Å². The van der Waals surface area contributed by atoms with Gasteiger partial charge in [-0.15, -0.1) is 10.2 Å². The van der Waals surface area contributed by atoms with Crippen LogP contribution in [0.2, 0.25) is 0 Å². The van der Waals surface area contributed by atoms with Gasteiger partial charge in [0.1, 0.15) is 10.8 Å². The Labute approximate surface area is 167 Å². The number of aromatic nitrogens is 6.